The number of carbonyl (C=O) groups excluding carboxylic acids is 3. The van der Waals surface area contributed by atoms with Gasteiger partial charge in [0, 0.05) is 19.6 Å². The van der Waals surface area contributed by atoms with Crippen molar-refractivity contribution >= 4 is 18.0 Å². The normalized spacial score (nSPS) is 19.3. The number of carbonyl (C=O) groups is 3. The second kappa shape index (κ2) is 25.7. The number of alkyl carbamates (subject to hydrolysis) is 1. The van der Waals surface area contributed by atoms with Crippen LogP contribution in [0.3, 0.4) is 0 Å². The fraction of sp³-hybridized carbons (Fsp3) is 0.460. The predicted octanol–water partition coefficient (Wildman–Crippen LogP) is 8.60. The number of esters is 1. The number of hydrogen-bond acceptors (Lipinski definition) is 10. The van der Waals surface area contributed by atoms with Crippen LogP contribution in [0.4, 0.5) is 4.79 Å². The number of rotatable bonds is 24. The number of nitrogens with one attached hydrogen (secondary N) is 2. The molecule has 1 fully saturated rings. The molecule has 0 bridgehead atoms. The Kier molecular flexibility index (Phi) is 19.9. The highest BCUT2D eigenvalue weighted by atomic mass is 16.7. The molecule has 5 rings (SSSR count). The van der Waals surface area contributed by atoms with Crippen LogP contribution >= 0.6 is 0 Å². The van der Waals surface area contributed by atoms with Gasteiger partial charge in [-0.25, -0.2) is 4.79 Å². The number of ether oxygens (including phenoxy) is 7. The van der Waals surface area contributed by atoms with E-state index < -0.39 is 54.2 Å². The van der Waals surface area contributed by atoms with Crippen molar-refractivity contribution in [2.75, 3.05) is 13.2 Å². The fourth-order valence-corrected chi connectivity index (χ4v) is 6.91. The van der Waals surface area contributed by atoms with Gasteiger partial charge in [0.2, 0.25) is 5.91 Å². The van der Waals surface area contributed by atoms with E-state index in [1.54, 1.807) is 20.8 Å². The Bertz CT molecular complexity index is 1880. The quantitative estimate of drug-likeness (QED) is 0.0521. The van der Waals surface area contributed by atoms with E-state index in [2.05, 4.69) is 10.6 Å². The van der Waals surface area contributed by atoms with Crippen LogP contribution in [-0.4, -0.2) is 73.5 Å². The van der Waals surface area contributed by atoms with Crippen LogP contribution in [0.2, 0.25) is 0 Å². The van der Waals surface area contributed by atoms with Crippen molar-refractivity contribution in [1.82, 2.24) is 10.6 Å². The molecule has 0 spiro atoms. The minimum atomic E-state index is -0.971. The molecule has 0 aliphatic carbocycles. The lowest BCUT2D eigenvalue weighted by Crippen LogP contribution is -2.60. The monoisotopic (exact) mass is 852 g/mol. The summed E-state index contributed by atoms with van der Waals surface area (Å²) < 4.78 is 43.6. The maximum absolute atomic E-state index is 13.2. The third-order valence-corrected chi connectivity index (χ3v) is 10.1. The molecule has 12 nitrogen and oxygen atoms in total. The van der Waals surface area contributed by atoms with Crippen LogP contribution in [0.1, 0.15) is 88.5 Å². The molecule has 2 N–H and O–H groups in total. The van der Waals surface area contributed by atoms with Crippen molar-refractivity contribution in [2.45, 2.75) is 135 Å². The SMILES string of the molecule is C[C@@H]1O[C@@H](OCCCCCCNC(=O)[C@H](CCC(=O)OCc2ccccc2)NC(=O)OC(C)(C)C)[C@@H](OCc2ccccc2)[C@H](OCc2ccccc2)[C@@H]1OCc1ccccc1. The Hall–Kier alpha value is -5.11. The summed E-state index contributed by atoms with van der Waals surface area (Å²) in [6.45, 7) is 9.28. The van der Waals surface area contributed by atoms with Crippen molar-refractivity contribution in [3.8, 4) is 0 Å². The van der Waals surface area contributed by atoms with Crippen LogP contribution in [0, 0.1) is 0 Å². The third-order valence-electron chi connectivity index (χ3n) is 10.1. The van der Waals surface area contributed by atoms with Crippen LogP contribution in [0.5, 0.6) is 0 Å². The summed E-state index contributed by atoms with van der Waals surface area (Å²) >= 11 is 0. The molecule has 1 aliphatic rings. The molecule has 1 heterocycles. The maximum atomic E-state index is 13.2. The Morgan fingerprint density at radius 1 is 0.613 bits per heavy atom. The minimum absolute atomic E-state index is 0.0520. The average Bonchev–Trinajstić information content (AvgIpc) is 3.27. The summed E-state index contributed by atoms with van der Waals surface area (Å²) in [6.07, 6.45) is -0.141. The van der Waals surface area contributed by atoms with Gasteiger partial charge in [0.1, 0.15) is 36.6 Å². The molecular weight excluding hydrogens is 789 g/mol. The Morgan fingerprint density at radius 3 is 1.63 bits per heavy atom. The smallest absolute Gasteiger partial charge is 0.408 e. The first-order valence-electron chi connectivity index (χ1n) is 21.7. The zero-order chi connectivity index (χ0) is 44.0. The molecule has 1 saturated heterocycles. The molecule has 0 radical (unpaired) electrons. The van der Waals surface area contributed by atoms with E-state index in [1.165, 1.54) is 0 Å². The van der Waals surface area contributed by atoms with Gasteiger partial charge >= 0.3 is 12.1 Å². The Labute approximate surface area is 366 Å². The number of amides is 2. The second-order valence-electron chi connectivity index (χ2n) is 16.5. The summed E-state index contributed by atoms with van der Waals surface area (Å²) in [5.74, 6) is -0.858. The van der Waals surface area contributed by atoms with E-state index in [9.17, 15) is 14.4 Å². The lowest BCUT2D eigenvalue weighted by Gasteiger charge is -2.45. The minimum Gasteiger partial charge on any atom is -0.461 e. The molecule has 6 atom stereocenters. The summed E-state index contributed by atoms with van der Waals surface area (Å²) in [6, 6.07) is 38.4. The third kappa shape index (κ3) is 17.3. The lowest BCUT2D eigenvalue weighted by atomic mass is 9.98. The molecule has 12 heteroatoms. The van der Waals surface area contributed by atoms with E-state index >= 15 is 0 Å². The van der Waals surface area contributed by atoms with E-state index in [-0.39, 0.29) is 25.6 Å². The molecule has 2 amide bonds. The molecule has 62 heavy (non-hydrogen) atoms. The Morgan fingerprint density at radius 2 is 1.10 bits per heavy atom. The summed E-state index contributed by atoms with van der Waals surface area (Å²) in [7, 11) is 0. The van der Waals surface area contributed by atoms with Gasteiger partial charge in [-0.2, -0.15) is 0 Å². The van der Waals surface area contributed by atoms with E-state index in [0.717, 1.165) is 41.5 Å². The van der Waals surface area contributed by atoms with Crippen molar-refractivity contribution in [3.63, 3.8) is 0 Å². The van der Waals surface area contributed by atoms with Crippen LogP contribution in [0.15, 0.2) is 121 Å². The van der Waals surface area contributed by atoms with E-state index in [0.29, 0.717) is 39.4 Å². The van der Waals surface area contributed by atoms with Gasteiger partial charge in [0.15, 0.2) is 6.29 Å². The molecule has 1 aliphatic heterocycles. The van der Waals surface area contributed by atoms with Crippen molar-refractivity contribution in [2.24, 2.45) is 0 Å². The number of hydrogen-bond donors (Lipinski definition) is 2. The average molecular weight is 853 g/mol. The van der Waals surface area contributed by atoms with Crippen molar-refractivity contribution in [1.29, 1.82) is 0 Å². The highest BCUT2D eigenvalue weighted by Gasteiger charge is 2.47. The fourth-order valence-electron chi connectivity index (χ4n) is 6.91. The first kappa shape index (κ1) is 47.9. The van der Waals surface area contributed by atoms with Gasteiger partial charge in [0.05, 0.1) is 25.9 Å². The number of benzene rings is 4. The zero-order valence-corrected chi connectivity index (χ0v) is 36.6. The van der Waals surface area contributed by atoms with Gasteiger partial charge < -0.3 is 43.8 Å². The summed E-state index contributed by atoms with van der Waals surface area (Å²) in [5, 5.41) is 5.54. The van der Waals surface area contributed by atoms with E-state index in [1.807, 2.05) is 128 Å². The molecule has 4 aromatic rings. The molecule has 0 unspecified atom stereocenters. The first-order valence-corrected chi connectivity index (χ1v) is 21.7. The standard InChI is InChI=1S/C50H64N2O10/c1-37-44(58-34-39-23-13-8-14-24-39)45(59-35-40-25-15-9-16-26-40)46(60-36-41-27-17-10-18-28-41)48(61-37)56-32-20-6-5-19-31-51-47(54)42(52-49(55)62-50(2,3)4)29-30-43(53)57-33-38-21-11-7-12-22-38/h7-18,21-28,37,42,44-46,48H,5-6,19-20,29-36H2,1-4H3,(H,51,54)(H,52,55)/t37-,42-,44+,45+,46-,48+/m0/s1. The largest absolute Gasteiger partial charge is 0.461 e. The van der Waals surface area contributed by atoms with Crippen LogP contribution in [-0.2, 0) is 69.2 Å². The van der Waals surface area contributed by atoms with Gasteiger partial charge in [-0.05, 0) is 69.2 Å². The molecule has 4 aromatic carbocycles. The summed E-state index contributed by atoms with van der Waals surface area (Å²) in [5.41, 5.74) is 3.22. The van der Waals surface area contributed by atoms with Crippen LogP contribution in [0.25, 0.3) is 0 Å². The first-order chi connectivity index (χ1) is 30.0. The van der Waals surface area contributed by atoms with Crippen molar-refractivity contribution in [3.05, 3.63) is 144 Å². The topological polar surface area (TPSA) is 140 Å². The predicted molar refractivity (Wildman–Crippen MR) is 235 cm³/mol. The molecular formula is C50H64N2O10. The maximum Gasteiger partial charge on any atom is 0.408 e. The van der Waals surface area contributed by atoms with Gasteiger partial charge in [0.25, 0.3) is 0 Å². The highest BCUT2D eigenvalue weighted by Crippen LogP contribution is 2.31. The molecule has 0 aromatic heterocycles. The van der Waals surface area contributed by atoms with Crippen LogP contribution < -0.4 is 10.6 Å². The number of unbranched alkanes of at least 4 members (excludes halogenated alkanes) is 3. The lowest BCUT2D eigenvalue weighted by molar-refractivity contribution is -0.320. The molecule has 0 saturated carbocycles. The van der Waals surface area contributed by atoms with E-state index in [4.69, 9.17) is 33.2 Å². The van der Waals surface area contributed by atoms with Crippen molar-refractivity contribution < 1.29 is 47.5 Å². The van der Waals surface area contributed by atoms with Gasteiger partial charge in [-0.15, -0.1) is 0 Å². The molecule has 334 valence electrons. The van der Waals surface area contributed by atoms with Gasteiger partial charge in [-0.1, -0.05) is 134 Å². The second-order valence-corrected chi connectivity index (χ2v) is 16.5. The zero-order valence-electron chi connectivity index (χ0n) is 36.6. The Balaban J connectivity index is 1.12. The summed E-state index contributed by atoms with van der Waals surface area (Å²) in [4.78, 5) is 38.4. The highest BCUT2D eigenvalue weighted by molar-refractivity contribution is 5.86. The van der Waals surface area contributed by atoms with Gasteiger partial charge in [-0.3, -0.25) is 9.59 Å².